The van der Waals surface area contributed by atoms with Gasteiger partial charge in [0.25, 0.3) is 0 Å². The maximum absolute atomic E-state index is 4.06. The molecule has 0 aromatic heterocycles. The van der Waals surface area contributed by atoms with Gasteiger partial charge in [-0.3, -0.25) is 0 Å². The Labute approximate surface area is 106 Å². The second kappa shape index (κ2) is 5.66. The number of aryl methyl sites for hydroxylation is 1. The lowest BCUT2D eigenvalue weighted by atomic mass is 9.99. The molecule has 0 aliphatic carbocycles. The van der Waals surface area contributed by atoms with Gasteiger partial charge in [0.2, 0.25) is 0 Å². The van der Waals surface area contributed by atoms with Crippen molar-refractivity contribution in [2.75, 3.05) is 6.54 Å². The zero-order chi connectivity index (χ0) is 11.4. The minimum absolute atomic E-state index is 0.279. The largest absolute Gasteiger partial charge is 0.307 e. The SMILES string of the molecule is C=C(C)C(NCC)c1cccc(C)c1I. The molecule has 1 nitrogen and oxygen atoms in total. The van der Waals surface area contributed by atoms with Crippen LogP contribution in [0.4, 0.5) is 0 Å². The maximum atomic E-state index is 4.06. The summed E-state index contributed by atoms with van der Waals surface area (Å²) in [5.74, 6) is 0. The fourth-order valence-electron chi connectivity index (χ4n) is 1.65. The molecule has 0 heterocycles. The highest BCUT2D eigenvalue weighted by Gasteiger charge is 2.14. The highest BCUT2D eigenvalue weighted by Crippen LogP contribution is 2.26. The van der Waals surface area contributed by atoms with E-state index in [0.29, 0.717) is 0 Å². The van der Waals surface area contributed by atoms with Crippen LogP contribution in [0.3, 0.4) is 0 Å². The van der Waals surface area contributed by atoms with Gasteiger partial charge < -0.3 is 5.32 Å². The normalized spacial score (nSPS) is 12.5. The molecule has 0 radical (unpaired) electrons. The lowest BCUT2D eigenvalue weighted by molar-refractivity contribution is 0.619. The van der Waals surface area contributed by atoms with Gasteiger partial charge in [0, 0.05) is 3.57 Å². The van der Waals surface area contributed by atoms with Gasteiger partial charge in [-0.05, 0) is 54.1 Å². The minimum Gasteiger partial charge on any atom is -0.307 e. The zero-order valence-electron chi connectivity index (χ0n) is 9.60. The highest BCUT2D eigenvalue weighted by molar-refractivity contribution is 14.1. The molecule has 0 amide bonds. The van der Waals surface area contributed by atoms with E-state index in [-0.39, 0.29) is 6.04 Å². The predicted molar refractivity (Wildman–Crippen MR) is 75.1 cm³/mol. The number of likely N-dealkylation sites (N-methyl/N-ethyl adjacent to an activating group) is 1. The molecule has 1 atom stereocenters. The summed E-state index contributed by atoms with van der Waals surface area (Å²) in [7, 11) is 0. The summed E-state index contributed by atoms with van der Waals surface area (Å²) in [5, 5.41) is 3.46. The first-order valence-electron chi connectivity index (χ1n) is 5.21. The maximum Gasteiger partial charge on any atom is 0.0541 e. The van der Waals surface area contributed by atoms with Crippen LogP contribution in [0.15, 0.2) is 30.4 Å². The van der Waals surface area contributed by atoms with Crippen LogP contribution in [-0.4, -0.2) is 6.54 Å². The van der Waals surface area contributed by atoms with Crippen molar-refractivity contribution >= 4 is 22.6 Å². The molecule has 0 aliphatic heterocycles. The molecule has 15 heavy (non-hydrogen) atoms. The molecule has 0 fully saturated rings. The Morgan fingerprint density at radius 1 is 1.53 bits per heavy atom. The molecular formula is C13H18IN. The third kappa shape index (κ3) is 3.05. The number of rotatable bonds is 4. The van der Waals surface area contributed by atoms with Gasteiger partial charge in [-0.15, -0.1) is 0 Å². The van der Waals surface area contributed by atoms with Crippen LogP contribution in [0.2, 0.25) is 0 Å². The summed E-state index contributed by atoms with van der Waals surface area (Å²) in [6.07, 6.45) is 0. The molecule has 0 aliphatic rings. The fraction of sp³-hybridized carbons (Fsp3) is 0.385. The van der Waals surface area contributed by atoms with Gasteiger partial charge in [-0.2, -0.15) is 0 Å². The molecule has 0 saturated heterocycles. The van der Waals surface area contributed by atoms with Crippen LogP contribution in [0.25, 0.3) is 0 Å². The molecule has 1 unspecified atom stereocenters. The van der Waals surface area contributed by atoms with E-state index in [1.807, 2.05) is 0 Å². The number of halogens is 1. The van der Waals surface area contributed by atoms with Gasteiger partial charge in [-0.25, -0.2) is 0 Å². The molecule has 0 saturated carbocycles. The molecule has 1 aromatic rings. The summed E-state index contributed by atoms with van der Waals surface area (Å²) in [5.41, 5.74) is 3.84. The average molecular weight is 315 g/mol. The van der Waals surface area contributed by atoms with Gasteiger partial charge in [0.05, 0.1) is 6.04 Å². The van der Waals surface area contributed by atoms with Crippen LogP contribution in [0.1, 0.15) is 31.0 Å². The lowest BCUT2D eigenvalue weighted by Crippen LogP contribution is -2.22. The minimum atomic E-state index is 0.279. The first-order chi connectivity index (χ1) is 7.07. The van der Waals surface area contributed by atoms with Gasteiger partial charge in [0.15, 0.2) is 0 Å². The van der Waals surface area contributed by atoms with E-state index < -0.39 is 0 Å². The van der Waals surface area contributed by atoms with Crippen LogP contribution >= 0.6 is 22.6 Å². The Morgan fingerprint density at radius 2 is 2.20 bits per heavy atom. The standard InChI is InChI=1S/C13H18IN/c1-5-15-13(9(2)3)11-8-6-7-10(4)12(11)14/h6-8,13,15H,2,5H2,1,3-4H3. The smallest absolute Gasteiger partial charge is 0.0541 e. The first-order valence-corrected chi connectivity index (χ1v) is 6.29. The van der Waals surface area contributed by atoms with E-state index >= 15 is 0 Å². The summed E-state index contributed by atoms with van der Waals surface area (Å²) < 4.78 is 1.34. The molecule has 2 heteroatoms. The first kappa shape index (κ1) is 12.7. The molecular weight excluding hydrogens is 297 g/mol. The van der Waals surface area contributed by atoms with Crippen molar-refractivity contribution in [2.45, 2.75) is 26.8 Å². The summed E-state index contributed by atoms with van der Waals surface area (Å²) in [6, 6.07) is 6.71. The summed E-state index contributed by atoms with van der Waals surface area (Å²) >= 11 is 2.41. The quantitative estimate of drug-likeness (QED) is 0.658. The molecule has 1 rings (SSSR count). The number of benzene rings is 1. The number of nitrogens with one attached hydrogen (secondary N) is 1. The molecule has 1 N–H and O–H groups in total. The van der Waals surface area contributed by atoms with E-state index in [0.717, 1.165) is 6.54 Å². The number of hydrogen-bond donors (Lipinski definition) is 1. The number of hydrogen-bond acceptors (Lipinski definition) is 1. The van der Waals surface area contributed by atoms with Crippen LogP contribution < -0.4 is 5.32 Å². The summed E-state index contributed by atoms with van der Waals surface area (Å²) in [6.45, 7) is 11.4. The van der Waals surface area contributed by atoms with Crippen LogP contribution in [0.5, 0.6) is 0 Å². The topological polar surface area (TPSA) is 12.0 Å². The third-order valence-corrected chi connectivity index (χ3v) is 3.91. The van der Waals surface area contributed by atoms with Crippen molar-refractivity contribution in [3.63, 3.8) is 0 Å². The third-order valence-electron chi connectivity index (χ3n) is 2.43. The summed E-state index contributed by atoms with van der Waals surface area (Å²) in [4.78, 5) is 0. The molecule has 0 spiro atoms. The predicted octanol–water partition coefficient (Wildman–Crippen LogP) is 3.83. The van der Waals surface area contributed by atoms with Crippen molar-refractivity contribution in [2.24, 2.45) is 0 Å². The Hall–Kier alpha value is -0.350. The molecule has 82 valence electrons. The lowest BCUT2D eigenvalue weighted by Gasteiger charge is -2.20. The van der Waals surface area contributed by atoms with Crippen LogP contribution in [-0.2, 0) is 0 Å². The Bertz CT molecular complexity index is 358. The van der Waals surface area contributed by atoms with Crippen molar-refractivity contribution in [1.29, 1.82) is 0 Å². The van der Waals surface area contributed by atoms with E-state index in [4.69, 9.17) is 0 Å². The van der Waals surface area contributed by atoms with Crippen molar-refractivity contribution in [3.8, 4) is 0 Å². The van der Waals surface area contributed by atoms with E-state index in [2.05, 4.69) is 73.5 Å². The van der Waals surface area contributed by atoms with E-state index in [9.17, 15) is 0 Å². The van der Waals surface area contributed by atoms with E-state index in [1.165, 1.54) is 20.3 Å². The highest BCUT2D eigenvalue weighted by atomic mass is 127. The van der Waals surface area contributed by atoms with Crippen molar-refractivity contribution in [1.82, 2.24) is 5.32 Å². The van der Waals surface area contributed by atoms with E-state index in [1.54, 1.807) is 0 Å². The zero-order valence-corrected chi connectivity index (χ0v) is 11.8. The molecule has 1 aromatic carbocycles. The van der Waals surface area contributed by atoms with Gasteiger partial charge in [0.1, 0.15) is 0 Å². The average Bonchev–Trinajstić information content (AvgIpc) is 2.19. The van der Waals surface area contributed by atoms with Crippen molar-refractivity contribution < 1.29 is 0 Å². The Balaban J connectivity index is 3.11. The molecule has 0 bridgehead atoms. The van der Waals surface area contributed by atoms with Crippen LogP contribution in [0, 0.1) is 10.5 Å². The fourth-order valence-corrected chi connectivity index (χ4v) is 2.32. The second-order valence-corrected chi connectivity index (χ2v) is 4.89. The van der Waals surface area contributed by atoms with Crippen molar-refractivity contribution in [3.05, 3.63) is 45.0 Å². The Kier molecular flexibility index (Phi) is 4.80. The Morgan fingerprint density at radius 3 is 2.73 bits per heavy atom. The monoisotopic (exact) mass is 315 g/mol. The second-order valence-electron chi connectivity index (χ2n) is 3.82. The van der Waals surface area contributed by atoms with Gasteiger partial charge in [-0.1, -0.05) is 37.3 Å². The van der Waals surface area contributed by atoms with Gasteiger partial charge >= 0.3 is 0 Å².